The number of nitrogens with one attached hydrogen (secondary N) is 1. The van der Waals surface area contributed by atoms with Crippen molar-refractivity contribution in [2.45, 2.75) is 13.3 Å². The van der Waals surface area contributed by atoms with Crippen molar-refractivity contribution in [2.75, 3.05) is 16.2 Å². The summed E-state index contributed by atoms with van der Waals surface area (Å²) < 4.78 is 3.21. The van der Waals surface area contributed by atoms with Crippen LogP contribution in [0.5, 0.6) is 0 Å². The van der Waals surface area contributed by atoms with Crippen molar-refractivity contribution in [3.8, 4) is 0 Å². The highest BCUT2D eigenvalue weighted by Gasteiger charge is 1.94. The first-order valence-electron chi connectivity index (χ1n) is 4.07. The molecule has 0 aliphatic heterocycles. The van der Waals surface area contributed by atoms with Crippen LogP contribution in [0.15, 0.2) is 24.3 Å². The first-order valence-corrected chi connectivity index (χ1v) is 5.05. The molecule has 0 heterocycles. The number of para-hydroxylation sites is 2. The number of hydrogen-bond donors (Lipinski definition) is 2. The van der Waals surface area contributed by atoms with Gasteiger partial charge in [0.15, 0.2) is 0 Å². The van der Waals surface area contributed by atoms with E-state index in [0.717, 1.165) is 17.1 Å². The molecule has 0 aliphatic carbocycles. The van der Waals surface area contributed by atoms with Crippen LogP contribution in [0.3, 0.4) is 0 Å². The van der Waals surface area contributed by atoms with Gasteiger partial charge in [-0.3, -0.25) is 0 Å². The van der Waals surface area contributed by atoms with E-state index < -0.39 is 0 Å². The fourth-order valence-corrected chi connectivity index (χ4v) is 1.47. The van der Waals surface area contributed by atoms with E-state index in [1.165, 1.54) is 6.42 Å². The van der Waals surface area contributed by atoms with Gasteiger partial charge in [-0.25, -0.2) is 0 Å². The minimum Gasteiger partial charge on any atom is -0.397 e. The Kier molecular flexibility index (Phi) is 3.80. The fourth-order valence-electron chi connectivity index (χ4n) is 0.821. The highest BCUT2D eigenvalue weighted by atomic mass is 32.2. The number of benzene rings is 1. The van der Waals surface area contributed by atoms with E-state index in [1.807, 2.05) is 24.3 Å². The Morgan fingerprint density at radius 1 is 1.42 bits per heavy atom. The summed E-state index contributed by atoms with van der Waals surface area (Å²) in [5.41, 5.74) is 7.54. The van der Waals surface area contributed by atoms with E-state index in [2.05, 4.69) is 11.6 Å². The summed E-state index contributed by atoms with van der Waals surface area (Å²) in [4.78, 5) is 0. The van der Waals surface area contributed by atoms with Crippen LogP contribution in [-0.2, 0) is 0 Å². The largest absolute Gasteiger partial charge is 0.397 e. The van der Waals surface area contributed by atoms with Crippen molar-refractivity contribution in [1.29, 1.82) is 0 Å². The lowest BCUT2D eigenvalue weighted by atomic mass is 10.3. The second-order valence-electron chi connectivity index (χ2n) is 2.54. The molecule has 0 spiro atoms. The lowest BCUT2D eigenvalue weighted by Crippen LogP contribution is -1.94. The zero-order valence-corrected chi connectivity index (χ0v) is 8.03. The van der Waals surface area contributed by atoms with Crippen LogP contribution in [0.2, 0.25) is 0 Å². The maximum Gasteiger partial charge on any atom is 0.0672 e. The fraction of sp³-hybridized carbons (Fsp3) is 0.333. The van der Waals surface area contributed by atoms with Gasteiger partial charge in [0.1, 0.15) is 0 Å². The van der Waals surface area contributed by atoms with Gasteiger partial charge >= 0.3 is 0 Å². The highest BCUT2D eigenvalue weighted by Crippen LogP contribution is 2.20. The molecule has 0 radical (unpaired) electrons. The van der Waals surface area contributed by atoms with Gasteiger partial charge in [0.25, 0.3) is 0 Å². The zero-order chi connectivity index (χ0) is 8.81. The van der Waals surface area contributed by atoms with Crippen molar-refractivity contribution in [2.24, 2.45) is 0 Å². The number of rotatable bonds is 4. The van der Waals surface area contributed by atoms with Gasteiger partial charge in [-0.2, -0.15) is 0 Å². The Labute approximate surface area is 77.7 Å². The minimum absolute atomic E-state index is 0.807. The van der Waals surface area contributed by atoms with Gasteiger partial charge < -0.3 is 10.5 Å². The van der Waals surface area contributed by atoms with E-state index in [9.17, 15) is 0 Å². The molecule has 0 fully saturated rings. The van der Waals surface area contributed by atoms with Crippen LogP contribution < -0.4 is 10.5 Å². The molecule has 0 saturated heterocycles. The average molecular weight is 182 g/mol. The van der Waals surface area contributed by atoms with Crippen LogP contribution >= 0.6 is 11.9 Å². The van der Waals surface area contributed by atoms with Crippen molar-refractivity contribution < 1.29 is 0 Å². The normalized spacial score (nSPS) is 9.75. The van der Waals surface area contributed by atoms with Crippen LogP contribution in [0, 0.1) is 0 Å². The van der Waals surface area contributed by atoms with Crippen LogP contribution in [0.1, 0.15) is 13.3 Å². The monoisotopic (exact) mass is 182 g/mol. The van der Waals surface area contributed by atoms with Gasteiger partial charge in [0.05, 0.1) is 11.4 Å². The molecule has 1 rings (SSSR count). The number of hydrogen-bond acceptors (Lipinski definition) is 3. The lowest BCUT2D eigenvalue weighted by Gasteiger charge is -2.06. The first kappa shape index (κ1) is 9.26. The van der Waals surface area contributed by atoms with Crippen molar-refractivity contribution in [1.82, 2.24) is 0 Å². The molecule has 3 heteroatoms. The van der Waals surface area contributed by atoms with Gasteiger partial charge in [0.2, 0.25) is 0 Å². The topological polar surface area (TPSA) is 38.0 Å². The third kappa shape index (κ3) is 2.66. The number of nitrogen functional groups attached to an aromatic ring is 1. The maximum absolute atomic E-state index is 5.73. The summed E-state index contributed by atoms with van der Waals surface area (Å²) in [6.45, 7) is 2.16. The van der Waals surface area contributed by atoms with Gasteiger partial charge in [-0.1, -0.05) is 31.0 Å². The molecule has 2 nitrogen and oxygen atoms in total. The third-order valence-corrected chi connectivity index (χ3v) is 2.43. The molecule has 0 amide bonds. The molecular formula is C9H14N2S. The maximum atomic E-state index is 5.73. The zero-order valence-electron chi connectivity index (χ0n) is 7.21. The smallest absolute Gasteiger partial charge is 0.0672 e. The second-order valence-corrected chi connectivity index (χ2v) is 3.44. The van der Waals surface area contributed by atoms with Gasteiger partial charge in [-0.05, 0) is 18.6 Å². The standard InChI is InChI=1S/C9H14N2S/c1-2-7-12-11-9-6-4-3-5-8(9)10/h3-6,11H,2,7,10H2,1H3. The van der Waals surface area contributed by atoms with Crippen LogP contribution in [-0.4, -0.2) is 5.75 Å². The molecule has 0 bridgehead atoms. The summed E-state index contributed by atoms with van der Waals surface area (Å²) in [7, 11) is 0. The second kappa shape index (κ2) is 4.93. The summed E-state index contributed by atoms with van der Waals surface area (Å²) in [5.74, 6) is 1.11. The van der Waals surface area contributed by atoms with E-state index in [4.69, 9.17) is 5.73 Å². The molecule has 1 aromatic rings. The molecule has 0 atom stereocenters. The Morgan fingerprint density at radius 3 is 2.83 bits per heavy atom. The SMILES string of the molecule is CCCSNc1ccccc1N. The minimum atomic E-state index is 0.807. The van der Waals surface area contributed by atoms with E-state index in [1.54, 1.807) is 11.9 Å². The Balaban J connectivity index is 2.46. The summed E-state index contributed by atoms with van der Waals surface area (Å²) in [6.07, 6.45) is 1.17. The summed E-state index contributed by atoms with van der Waals surface area (Å²) in [5, 5.41) is 0. The average Bonchev–Trinajstić information content (AvgIpc) is 2.09. The van der Waals surface area contributed by atoms with Crippen LogP contribution in [0.4, 0.5) is 11.4 Å². The highest BCUT2D eigenvalue weighted by molar-refractivity contribution is 8.00. The summed E-state index contributed by atoms with van der Waals surface area (Å²) in [6, 6.07) is 7.79. The van der Waals surface area contributed by atoms with Crippen molar-refractivity contribution >= 4 is 23.3 Å². The van der Waals surface area contributed by atoms with E-state index in [0.29, 0.717) is 0 Å². The Morgan fingerprint density at radius 2 is 2.17 bits per heavy atom. The van der Waals surface area contributed by atoms with Gasteiger partial charge in [-0.15, -0.1) is 0 Å². The molecule has 66 valence electrons. The lowest BCUT2D eigenvalue weighted by molar-refractivity contribution is 1.11. The molecule has 0 aromatic heterocycles. The molecule has 0 saturated carbocycles. The predicted octanol–water partition coefficient (Wildman–Crippen LogP) is 2.74. The van der Waals surface area contributed by atoms with Gasteiger partial charge in [0, 0.05) is 5.75 Å². The Hall–Kier alpha value is -0.830. The predicted molar refractivity (Wildman–Crippen MR) is 57.2 cm³/mol. The quantitative estimate of drug-likeness (QED) is 0.427. The first-order chi connectivity index (χ1) is 5.84. The molecule has 12 heavy (non-hydrogen) atoms. The molecule has 3 N–H and O–H groups in total. The van der Waals surface area contributed by atoms with E-state index >= 15 is 0 Å². The van der Waals surface area contributed by atoms with Crippen molar-refractivity contribution in [3.05, 3.63) is 24.3 Å². The van der Waals surface area contributed by atoms with Crippen molar-refractivity contribution in [3.63, 3.8) is 0 Å². The number of nitrogens with two attached hydrogens (primary N) is 1. The Bertz CT molecular complexity index is 238. The molecule has 0 aliphatic rings. The molecular weight excluding hydrogens is 168 g/mol. The number of anilines is 2. The summed E-state index contributed by atoms with van der Waals surface area (Å²) >= 11 is 1.69. The van der Waals surface area contributed by atoms with Crippen LogP contribution in [0.25, 0.3) is 0 Å². The van der Waals surface area contributed by atoms with E-state index in [-0.39, 0.29) is 0 Å². The molecule has 0 unspecified atom stereocenters. The third-order valence-electron chi connectivity index (χ3n) is 1.45. The molecule has 1 aromatic carbocycles.